The van der Waals surface area contributed by atoms with E-state index in [4.69, 9.17) is 11.1 Å². The Morgan fingerprint density at radius 1 is 0.900 bits per heavy atom. The maximum atomic E-state index is 7.02. The zero-order valence-corrected chi connectivity index (χ0v) is 14.2. The summed E-state index contributed by atoms with van der Waals surface area (Å²) in [5.41, 5.74) is 2.75. The molecule has 0 fully saturated rings. The highest BCUT2D eigenvalue weighted by molar-refractivity contribution is 7.28. The highest BCUT2D eigenvalue weighted by Gasteiger charge is 2.40. The fourth-order valence-corrected chi connectivity index (χ4v) is 6.22. The van der Waals surface area contributed by atoms with Crippen LogP contribution >= 0.6 is 11.1 Å². The molecule has 0 radical (unpaired) electrons. The molecule has 0 aliphatic rings. The van der Waals surface area contributed by atoms with Crippen molar-refractivity contribution in [2.24, 2.45) is 0 Å². The van der Waals surface area contributed by atoms with Crippen LogP contribution in [0, 0.1) is 0 Å². The highest BCUT2D eigenvalue weighted by atomic mass is 35.6. The Kier molecular flexibility index (Phi) is 4.61. The Balaban J connectivity index is 2.37. The van der Waals surface area contributed by atoms with Crippen molar-refractivity contribution in [3.63, 3.8) is 0 Å². The molecular weight excluding hydrogens is 284 g/mol. The van der Waals surface area contributed by atoms with Gasteiger partial charge in [0.15, 0.2) is 7.38 Å². The van der Waals surface area contributed by atoms with Gasteiger partial charge < -0.3 is 0 Å². The van der Waals surface area contributed by atoms with E-state index in [0.717, 1.165) is 11.4 Å². The van der Waals surface area contributed by atoms with Gasteiger partial charge in [0.05, 0.1) is 11.4 Å². The van der Waals surface area contributed by atoms with Crippen LogP contribution in [0.4, 0.5) is 0 Å². The van der Waals surface area contributed by atoms with Gasteiger partial charge in [-0.05, 0) is 34.5 Å². The van der Waals surface area contributed by atoms with E-state index in [2.05, 4.69) is 43.7 Å². The third kappa shape index (κ3) is 2.79. The first kappa shape index (κ1) is 15.2. The summed E-state index contributed by atoms with van der Waals surface area (Å²) >= 11 is 7.02. The molecule has 0 bridgehead atoms. The second-order valence-corrected chi connectivity index (χ2v) is 12.0. The van der Waals surface area contributed by atoms with Crippen molar-refractivity contribution in [3.8, 4) is 11.4 Å². The fraction of sp³-hybridized carbons (Fsp3) is 0.375. The lowest BCUT2D eigenvalue weighted by molar-refractivity contribution is 0.939. The lowest BCUT2D eigenvalue weighted by atomic mass is 10.2. The molecule has 0 saturated heterocycles. The lowest BCUT2D eigenvalue weighted by Gasteiger charge is -2.32. The molecule has 4 heteroatoms. The maximum Gasteiger partial charge on any atom is 0.193 e. The van der Waals surface area contributed by atoms with Crippen molar-refractivity contribution < 1.29 is 0 Å². The van der Waals surface area contributed by atoms with E-state index < -0.39 is 7.38 Å². The largest absolute Gasteiger partial charge is 0.255 e. The zero-order chi connectivity index (χ0) is 14.8. The van der Waals surface area contributed by atoms with Crippen LogP contribution < -0.4 is 5.19 Å². The van der Waals surface area contributed by atoms with Gasteiger partial charge in [-0.3, -0.25) is 9.97 Å². The number of hydrogen-bond acceptors (Lipinski definition) is 2. The van der Waals surface area contributed by atoms with E-state index in [-0.39, 0.29) is 0 Å². The molecule has 0 atom stereocenters. The van der Waals surface area contributed by atoms with Gasteiger partial charge in [-0.25, -0.2) is 0 Å². The number of hydrogen-bond donors (Lipinski definition) is 0. The average Bonchev–Trinajstić information content (AvgIpc) is 2.47. The van der Waals surface area contributed by atoms with Crippen LogP contribution in [-0.4, -0.2) is 17.4 Å². The molecule has 0 aromatic carbocycles. The second kappa shape index (κ2) is 6.06. The second-order valence-electron chi connectivity index (χ2n) is 5.72. The van der Waals surface area contributed by atoms with Gasteiger partial charge in [0.2, 0.25) is 0 Å². The highest BCUT2D eigenvalue weighted by Crippen LogP contribution is 2.35. The summed E-state index contributed by atoms with van der Waals surface area (Å²) in [5.74, 6) is 0. The van der Waals surface area contributed by atoms with Gasteiger partial charge in [-0.15, -0.1) is 0 Å². The van der Waals surface area contributed by atoms with Gasteiger partial charge in [-0.2, -0.15) is 11.1 Å². The standard InChI is InChI=1S/C16H21ClN2Si/c1-12(2)20(17,13(3)4)14-8-9-16(19-11-14)15-7-5-6-10-18-15/h5-13H,1-4H3. The molecule has 0 aliphatic heterocycles. The molecule has 0 spiro atoms. The molecule has 2 aromatic rings. The summed E-state index contributed by atoms with van der Waals surface area (Å²) in [6.07, 6.45) is 3.73. The number of aromatic nitrogens is 2. The van der Waals surface area contributed by atoms with E-state index >= 15 is 0 Å². The van der Waals surface area contributed by atoms with Gasteiger partial charge in [0.1, 0.15) is 0 Å². The van der Waals surface area contributed by atoms with Crippen LogP contribution in [0.3, 0.4) is 0 Å². The maximum absolute atomic E-state index is 7.02. The number of nitrogens with zero attached hydrogens (tertiary/aromatic N) is 2. The smallest absolute Gasteiger partial charge is 0.193 e. The van der Waals surface area contributed by atoms with Crippen molar-refractivity contribution in [2.45, 2.75) is 38.8 Å². The summed E-state index contributed by atoms with van der Waals surface area (Å²) in [4.78, 5) is 8.89. The van der Waals surface area contributed by atoms with Crippen molar-refractivity contribution in [1.29, 1.82) is 0 Å². The van der Waals surface area contributed by atoms with Gasteiger partial charge in [-0.1, -0.05) is 39.8 Å². The Labute approximate surface area is 127 Å². The molecule has 0 aliphatic carbocycles. The summed E-state index contributed by atoms with van der Waals surface area (Å²) in [6, 6.07) is 10.0. The topological polar surface area (TPSA) is 25.8 Å². The molecule has 0 amide bonds. The SMILES string of the molecule is CC(C)[Si](Cl)(c1ccc(-c2ccccn2)nc1)C(C)C. The molecular formula is C16H21ClN2Si. The predicted octanol–water partition coefficient (Wildman–Crippen LogP) is 4.35. The van der Waals surface area contributed by atoms with Crippen molar-refractivity contribution in [3.05, 3.63) is 42.7 Å². The molecule has 0 saturated carbocycles. The molecule has 20 heavy (non-hydrogen) atoms. The Morgan fingerprint density at radius 2 is 1.55 bits per heavy atom. The van der Waals surface area contributed by atoms with Crippen LogP contribution in [0.1, 0.15) is 27.7 Å². The van der Waals surface area contributed by atoms with Gasteiger partial charge in [0, 0.05) is 12.4 Å². The van der Waals surface area contributed by atoms with E-state index in [1.54, 1.807) is 6.20 Å². The van der Waals surface area contributed by atoms with Crippen LogP contribution in [0.2, 0.25) is 11.1 Å². The zero-order valence-electron chi connectivity index (χ0n) is 12.5. The quantitative estimate of drug-likeness (QED) is 0.620. The molecule has 2 nitrogen and oxygen atoms in total. The van der Waals surface area contributed by atoms with E-state index in [0.29, 0.717) is 11.1 Å². The van der Waals surface area contributed by atoms with Crippen molar-refractivity contribution in [2.75, 3.05) is 0 Å². The third-order valence-corrected chi connectivity index (χ3v) is 11.6. The number of pyridine rings is 2. The first-order valence-electron chi connectivity index (χ1n) is 7.03. The minimum Gasteiger partial charge on any atom is -0.255 e. The first-order valence-corrected chi connectivity index (χ1v) is 10.2. The molecule has 0 unspecified atom stereocenters. The Hall–Kier alpha value is -1.19. The average molecular weight is 305 g/mol. The molecule has 2 heterocycles. The summed E-state index contributed by atoms with van der Waals surface area (Å²) in [6.45, 7) is 8.86. The third-order valence-electron chi connectivity index (χ3n) is 3.81. The predicted molar refractivity (Wildman–Crippen MR) is 88.9 cm³/mol. The van der Waals surface area contributed by atoms with Crippen LogP contribution in [-0.2, 0) is 0 Å². The van der Waals surface area contributed by atoms with Crippen LogP contribution in [0.15, 0.2) is 42.7 Å². The fourth-order valence-electron chi connectivity index (χ4n) is 2.62. The van der Waals surface area contributed by atoms with Gasteiger partial charge in [0.25, 0.3) is 0 Å². The molecule has 2 aromatic heterocycles. The summed E-state index contributed by atoms with van der Waals surface area (Å²) < 4.78 is 0. The van der Waals surface area contributed by atoms with Gasteiger partial charge >= 0.3 is 0 Å². The van der Waals surface area contributed by atoms with Crippen LogP contribution in [0.25, 0.3) is 11.4 Å². The normalized spacial score (nSPS) is 12.2. The van der Waals surface area contributed by atoms with E-state index in [1.807, 2.05) is 30.5 Å². The van der Waals surface area contributed by atoms with Crippen LogP contribution in [0.5, 0.6) is 0 Å². The number of halogens is 1. The Morgan fingerprint density at radius 3 is 2.00 bits per heavy atom. The molecule has 0 N–H and O–H groups in total. The first-order chi connectivity index (χ1) is 9.46. The number of rotatable bonds is 4. The minimum atomic E-state index is -2.01. The minimum absolute atomic E-state index is 0.478. The molecule has 2 rings (SSSR count). The summed E-state index contributed by atoms with van der Waals surface area (Å²) in [7, 11) is -2.01. The van der Waals surface area contributed by atoms with Crippen molar-refractivity contribution in [1.82, 2.24) is 9.97 Å². The Bertz CT molecular complexity index is 544. The lowest BCUT2D eigenvalue weighted by Crippen LogP contribution is -2.48. The molecule has 106 valence electrons. The summed E-state index contributed by atoms with van der Waals surface area (Å²) in [5, 5.41) is 1.21. The monoisotopic (exact) mass is 304 g/mol. The van der Waals surface area contributed by atoms with Crippen molar-refractivity contribution >= 4 is 23.6 Å². The van der Waals surface area contributed by atoms with E-state index in [9.17, 15) is 0 Å². The van der Waals surface area contributed by atoms with E-state index in [1.165, 1.54) is 5.19 Å².